The van der Waals surface area contributed by atoms with E-state index in [0.717, 1.165) is 27.1 Å². The van der Waals surface area contributed by atoms with Gasteiger partial charge in [-0.15, -0.1) is 0 Å². The summed E-state index contributed by atoms with van der Waals surface area (Å²) in [5.74, 6) is 0. The fraction of sp³-hybridized carbons (Fsp3) is 0.200. The third-order valence-corrected chi connectivity index (χ3v) is 6.22. The van der Waals surface area contributed by atoms with Gasteiger partial charge in [-0.2, -0.15) is 0 Å². The lowest BCUT2D eigenvalue weighted by molar-refractivity contribution is 0.0532. The van der Waals surface area contributed by atoms with E-state index >= 15 is 0 Å². The molecule has 0 bridgehead atoms. The third-order valence-electron chi connectivity index (χ3n) is 5.97. The van der Waals surface area contributed by atoms with E-state index < -0.39 is 6.10 Å². The second kappa shape index (κ2) is 7.97. The molecule has 0 radical (unpaired) electrons. The summed E-state index contributed by atoms with van der Waals surface area (Å²) in [6, 6.07) is 17.4. The highest BCUT2D eigenvalue weighted by Gasteiger charge is 2.31. The minimum absolute atomic E-state index is 0.319. The maximum absolute atomic E-state index is 13.3. The highest BCUT2D eigenvalue weighted by molar-refractivity contribution is 6.30. The SMILES string of the molecule is Cn1c(=O)c2c(-c3ccc(Cl)cc3)n3c(c2n(C)c1=O)C(C=Cc1ccccc1)OCC3. The van der Waals surface area contributed by atoms with Crippen LogP contribution in [-0.2, 0) is 25.4 Å². The average molecular weight is 448 g/mol. The van der Waals surface area contributed by atoms with Crippen molar-refractivity contribution in [1.82, 2.24) is 13.7 Å². The molecule has 162 valence electrons. The van der Waals surface area contributed by atoms with Gasteiger partial charge in [0.2, 0.25) is 0 Å². The van der Waals surface area contributed by atoms with Crippen LogP contribution in [0, 0.1) is 0 Å². The van der Waals surface area contributed by atoms with Crippen molar-refractivity contribution in [3.05, 3.63) is 97.8 Å². The van der Waals surface area contributed by atoms with Crippen LogP contribution in [0.4, 0.5) is 0 Å². The molecular weight excluding hydrogens is 426 g/mol. The second-order valence-electron chi connectivity index (χ2n) is 7.88. The number of benzene rings is 2. The van der Waals surface area contributed by atoms with Gasteiger partial charge in [0.05, 0.1) is 28.9 Å². The highest BCUT2D eigenvalue weighted by atomic mass is 35.5. The van der Waals surface area contributed by atoms with Crippen molar-refractivity contribution >= 4 is 28.6 Å². The fourth-order valence-corrected chi connectivity index (χ4v) is 4.55. The molecule has 4 aromatic rings. The average Bonchev–Trinajstić information content (AvgIpc) is 3.17. The lowest BCUT2D eigenvalue weighted by atomic mass is 10.1. The van der Waals surface area contributed by atoms with Gasteiger partial charge in [-0.05, 0) is 29.3 Å². The molecule has 1 unspecified atom stereocenters. The molecule has 0 saturated carbocycles. The third kappa shape index (κ3) is 3.23. The first kappa shape index (κ1) is 20.5. The maximum Gasteiger partial charge on any atom is 0.331 e. The van der Waals surface area contributed by atoms with Gasteiger partial charge in [0.1, 0.15) is 6.10 Å². The topological polar surface area (TPSA) is 58.2 Å². The van der Waals surface area contributed by atoms with Crippen molar-refractivity contribution in [3.63, 3.8) is 0 Å². The smallest absolute Gasteiger partial charge is 0.331 e. The van der Waals surface area contributed by atoms with Crippen LogP contribution in [0.2, 0.25) is 5.02 Å². The van der Waals surface area contributed by atoms with Gasteiger partial charge < -0.3 is 9.30 Å². The number of aromatic nitrogens is 3. The number of halogens is 1. The Morgan fingerprint density at radius 3 is 2.44 bits per heavy atom. The minimum atomic E-state index is -0.398. The lowest BCUT2D eigenvalue weighted by Crippen LogP contribution is -2.37. The lowest BCUT2D eigenvalue weighted by Gasteiger charge is -2.25. The molecule has 0 spiro atoms. The Bertz CT molecular complexity index is 1460. The van der Waals surface area contributed by atoms with E-state index in [1.54, 1.807) is 23.7 Å². The van der Waals surface area contributed by atoms with Crippen LogP contribution in [0.15, 0.2) is 70.3 Å². The zero-order valence-corrected chi connectivity index (χ0v) is 18.5. The van der Waals surface area contributed by atoms with E-state index in [0.29, 0.717) is 29.1 Å². The first-order valence-electron chi connectivity index (χ1n) is 10.4. The second-order valence-corrected chi connectivity index (χ2v) is 8.32. The molecule has 1 aliphatic heterocycles. The molecule has 2 aromatic carbocycles. The Morgan fingerprint density at radius 2 is 1.72 bits per heavy atom. The number of rotatable bonds is 3. The molecule has 3 heterocycles. The number of hydrogen-bond acceptors (Lipinski definition) is 3. The summed E-state index contributed by atoms with van der Waals surface area (Å²) in [5.41, 5.74) is 3.42. The largest absolute Gasteiger partial charge is 0.366 e. The zero-order chi connectivity index (χ0) is 22.4. The normalized spacial score (nSPS) is 16.0. The molecular formula is C25H22ClN3O3. The molecule has 0 fully saturated rings. The predicted octanol–water partition coefficient (Wildman–Crippen LogP) is 4.14. The van der Waals surface area contributed by atoms with Crippen LogP contribution in [0.1, 0.15) is 17.4 Å². The van der Waals surface area contributed by atoms with Crippen molar-refractivity contribution in [3.8, 4) is 11.3 Å². The monoisotopic (exact) mass is 447 g/mol. The van der Waals surface area contributed by atoms with Crippen LogP contribution >= 0.6 is 11.6 Å². The summed E-state index contributed by atoms with van der Waals surface area (Å²) in [5, 5.41) is 1.13. The van der Waals surface area contributed by atoms with E-state index in [1.165, 1.54) is 7.05 Å². The molecule has 5 rings (SSSR count). The molecule has 2 aromatic heterocycles. The highest BCUT2D eigenvalue weighted by Crippen LogP contribution is 2.38. The molecule has 0 N–H and O–H groups in total. The number of nitrogens with zero attached hydrogens (tertiary/aromatic N) is 3. The van der Waals surface area contributed by atoms with E-state index in [1.807, 2.05) is 54.6 Å². The summed E-state index contributed by atoms with van der Waals surface area (Å²) >= 11 is 6.11. The van der Waals surface area contributed by atoms with Crippen molar-refractivity contribution in [2.45, 2.75) is 12.6 Å². The quantitative estimate of drug-likeness (QED) is 0.474. The molecule has 1 atom stereocenters. The summed E-state index contributed by atoms with van der Waals surface area (Å²) in [7, 11) is 3.21. The predicted molar refractivity (Wildman–Crippen MR) is 127 cm³/mol. The van der Waals surface area contributed by atoms with Gasteiger partial charge in [0.25, 0.3) is 5.56 Å². The van der Waals surface area contributed by atoms with E-state index in [4.69, 9.17) is 16.3 Å². The van der Waals surface area contributed by atoms with Gasteiger partial charge >= 0.3 is 5.69 Å². The summed E-state index contributed by atoms with van der Waals surface area (Å²) in [6.45, 7) is 1.07. The summed E-state index contributed by atoms with van der Waals surface area (Å²) in [6.07, 6.45) is 3.58. The minimum Gasteiger partial charge on any atom is -0.366 e. The van der Waals surface area contributed by atoms with Crippen molar-refractivity contribution < 1.29 is 4.74 Å². The number of aryl methyl sites for hydroxylation is 1. The van der Waals surface area contributed by atoms with E-state index in [-0.39, 0.29) is 11.2 Å². The van der Waals surface area contributed by atoms with E-state index in [2.05, 4.69) is 4.57 Å². The summed E-state index contributed by atoms with van der Waals surface area (Å²) in [4.78, 5) is 26.1. The van der Waals surface area contributed by atoms with Crippen LogP contribution in [0.3, 0.4) is 0 Å². The van der Waals surface area contributed by atoms with Crippen molar-refractivity contribution in [2.75, 3.05) is 6.61 Å². The van der Waals surface area contributed by atoms with Crippen molar-refractivity contribution in [1.29, 1.82) is 0 Å². The van der Waals surface area contributed by atoms with Gasteiger partial charge in [0.15, 0.2) is 0 Å². The number of ether oxygens (including phenoxy) is 1. The number of hydrogen-bond donors (Lipinski definition) is 0. The maximum atomic E-state index is 13.3. The van der Waals surface area contributed by atoms with Crippen molar-refractivity contribution in [2.24, 2.45) is 14.1 Å². The molecule has 32 heavy (non-hydrogen) atoms. The Labute approximate surface area is 189 Å². The van der Waals surface area contributed by atoms with Gasteiger partial charge in [-0.1, -0.05) is 60.1 Å². The molecule has 0 saturated heterocycles. The molecule has 7 heteroatoms. The molecule has 0 amide bonds. The van der Waals surface area contributed by atoms with Crippen LogP contribution in [0.5, 0.6) is 0 Å². The first-order chi connectivity index (χ1) is 15.5. The standard InChI is InChI=1S/C25H22ClN3O3/c1-27-23-20(24(30)28(2)25(27)31)21(17-9-11-18(26)12-10-17)29-14-15-32-19(22(23)29)13-8-16-6-4-3-5-7-16/h3-13,19H,14-15H2,1-2H3. The van der Waals surface area contributed by atoms with Gasteiger partial charge in [-0.25, -0.2) is 4.79 Å². The molecule has 1 aliphatic rings. The van der Waals surface area contributed by atoms with Gasteiger partial charge in [0, 0.05) is 25.7 Å². The first-order valence-corrected chi connectivity index (χ1v) is 10.8. The fourth-order valence-electron chi connectivity index (χ4n) is 4.43. The Hall–Kier alpha value is -3.35. The number of fused-ring (bicyclic) bond motifs is 3. The Balaban J connectivity index is 1.83. The van der Waals surface area contributed by atoms with Crippen LogP contribution < -0.4 is 11.2 Å². The Kier molecular flexibility index (Phi) is 5.12. The van der Waals surface area contributed by atoms with E-state index in [9.17, 15) is 9.59 Å². The Morgan fingerprint density at radius 1 is 1.00 bits per heavy atom. The van der Waals surface area contributed by atoms with Crippen LogP contribution in [-0.4, -0.2) is 20.3 Å². The molecule has 0 aliphatic carbocycles. The molecule has 6 nitrogen and oxygen atoms in total. The summed E-state index contributed by atoms with van der Waals surface area (Å²) < 4.78 is 10.9. The van der Waals surface area contributed by atoms with Gasteiger partial charge in [-0.3, -0.25) is 13.9 Å². The van der Waals surface area contributed by atoms with Crippen LogP contribution in [0.25, 0.3) is 28.2 Å². The zero-order valence-electron chi connectivity index (χ0n) is 17.8.